The fraction of sp³-hybridized carbons (Fsp3) is 0.286. The van der Waals surface area contributed by atoms with E-state index in [9.17, 15) is 4.79 Å². The first-order valence-electron chi connectivity index (χ1n) is 3.42. The van der Waals surface area contributed by atoms with Crippen molar-refractivity contribution in [2.75, 3.05) is 0 Å². The molecular formula is C7H9N3O2. The van der Waals surface area contributed by atoms with Crippen LogP contribution in [0.4, 0.5) is 0 Å². The van der Waals surface area contributed by atoms with Crippen molar-refractivity contribution < 1.29 is 9.90 Å². The number of rotatable bonds is 2. The monoisotopic (exact) mass is 167 g/mol. The van der Waals surface area contributed by atoms with Crippen LogP contribution in [0, 0.1) is 0 Å². The number of hydrogen-bond acceptors (Lipinski definition) is 4. The number of carbonyl (C=O) groups is 1. The molecule has 5 heteroatoms. The van der Waals surface area contributed by atoms with Gasteiger partial charge in [0.2, 0.25) is 5.82 Å². The van der Waals surface area contributed by atoms with Gasteiger partial charge in [-0.2, -0.15) is 0 Å². The largest absolute Gasteiger partial charge is 0.475 e. The maximum atomic E-state index is 10.3. The Balaban J connectivity index is 2.93. The molecule has 0 fully saturated rings. The number of carboxylic acid groups (broad SMARTS) is 1. The van der Waals surface area contributed by atoms with Gasteiger partial charge in [-0.1, -0.05) is 0 Å². The van der Waals surface area contributed by atoms with Gasteiger partial charge in [-0.05, 0) is 6.92 Å². The van der Waals surface area contributed by atoms with E-state index in [1.807, 2.05) is 0 Å². The molecule has 64 valence electrons. The van der Waals surface area contributed by atoms with Crippen molar-refractivity contribution in [3.8, 4) is 0 Å². The predicted octanol–water partition coefficient (Wildman–Crippen LogP) is 0.194. The Labute approximate surface area is 69.3 Å². The second-order valence-corrected chi connectivity index (χ2v) is 2.43. The van der Waals surface area contributed by atoms with Crippen molar-refractivity contribution in [3.63, 3.8) is 0 Å². The maximum Gasteiger partial charge on any atom is 0.373 e. The molecule has 0 amide bonds. The minimum absolute atomic E-state index is 0.173. The van der Waals surface area contributed by atoms with Crippen LogP contribution in [0.2, 0.25) is 0 Å². The summed E-state index contributed by atoms with van der Waals surface area (Å²) in [5.41, 5.74) is 6.23. The molecule has 1 atom stereocenters. The minimum Gasteiger partial charge on any atom is -0.475 e. The first-order valence-corrected chi connectivity index (χ1v) is 3.42. The lowest BCUT2D eigenvalue weighted by Gasteiger charge is -2.02. The predicted molar refractivity (Wildman–Crippen MR) is 41.6 cm³/mol. The van der Waals surface area contributed by atoms with Gasteiger partial charge in [0.1, 0.15) is 0 Å². The van der Waals surface area contributed by atoms with E-state index < -0.39 is 5.97 Å². The van der Waals surface area contributed by atoms with Crippen LogP contribution in [-0.2, 0) is 0 Å². The summed E-state index contributed by atoms with van der Waals surface area (Å²) in [5, 5.41) is 8.46. The van der Waals surface area contributed by atoms with Gasteiger partial charge >= 0.3 is 5.97 Å². The third kappa shape index (κ3) is 1.76. The fourth-order valence-electron chi connectivity index (χ4n) is 0.684. The second-order valence-electron chi connectivity index (χ2n) is 2.43. The van der Waals surface area contributed by atoms with Crippen molar-refractivity contribution in [2.24, 2.45) is 5.73 Å². The number of hydrogen-bond donors (Lipinski definition) is 2. The van der Waals surface area contributed by atoms with Crippen molar-refractivity contribution >= 4 is 5.97 Å². The van der Waals surface area contributed by atoms with E-state index in [0.717, 1.165) is 5.56 Å². The van der Waals surface area contributed by atoms with Gasteiger partial charge in [-0.15, -0.1) is 0 Å². The molecule has 1 aromatic rings. The van der Waals surface area contributed by atoms with Gasteiger partial charge in [-0.3, -0.25) is 0 Å². The number of nitrogens with two attached hydrogens (primary N) is 1. The molecule has 1 rings (SSSR count). The Morgan fingerprint density at radius 1 is 1.58 bits per heavy atom. The summed E-state index contributed by atoms with van der Waals surface area (Å²) in [4.78, 5) is 17.5. The van der Waals surface area contributed by atoms with Crippen molar-refractivity contribution in [2.45, 2.75) is 13.0 Å². The molecule has 1 heterocycles. The van der Waals surface area contributed by atoms with Crippen LogP contribution >= 0.6 is 0 Å². The Hall–Kier alpha value is -1.49. The summed E-state index contributed by atoms with van der Waals surface area (Å²) in [7, 11) is 0. The zero-order valence-electron chi connectivity index (χ0n) is 6.56. The highest BCUT2D eigenvalue weighted by Gasteiger charge is 2.06. The highest BCUT2D eigenvalue weighted by molar-refractivity contribution is 5.82. The number of nitrogens with zero attached hydrogens (tertiary/aromatic N) is 2. The summed E-state index contributed by atoms with van der Waals surface area (Å²) < 4.78 is 0. The van der Waals surface area contributed by atoms with Crippen LogP contribution in [-0.4, -0.2) is 21.0 Å². The Morgan fingerprint density at radius 3 is 2.42 bits per heavy atom. The van der Waals surface area contributed by atoms with E-state index in [1.54, 1.807) is 6.92 Å². The van der Waals surface area contributed by atoms with E-state index in [4.69, 9.17) is 10.8 Å². The highest BCUT2D eigenvalue weighted by Crippen LogP contribution is 2.05. The Kier molecular flexibility index (Phi) is 2.35. The fourth-order valence-corrected chi connectivity index (χ4v) is 0.684. The van der Waals surface area contributed by atoms with E-state index >= 15 is 0 Å². The SMILES string of the molecule is CC(N)c1cnc(C(=O)O)nc1. The molecule has 0 saturated heterocycles. The maximum absolute atomic E-state index is 10.3. The minimum atomic E-state index is -1.13. The smallest absolute Gasteiger partial charge is 0.373 e. The lowest BCUT2D eigenvalue weighted by molar-refractivity contribution is 0.0683. The molecule has 0 bridgehead atoms. The van der Waals surface area contributed by atoms with Gasteiger partial charge < -0.3 is 10.8 Å². The van der Waals surface area contributed by atoms with E-state index in [0.29, 0.717) is 0 Å². The summed E-state index contributed by atoms with van der Waals surface area (Å²) in [6.07, 6.45) is 2.84. The molecule has 12 heavy (non-hydrogen) atoms. The number of aromatic nitrogens is 2. The summed E-state index contributed by atoms with van der Waals surface area (Å²) in [6, 6.07) is -0.173. The van der Waals surface area contributed by atoms with Gasteiger partial charge in [0, 0.05) is 24.0 Å². The summed E-state index contributed by atoms with van der Waals surface area (Å²) in [5.74, 6) is -1.34. The van der Waals surface area contributed by atoms with Crippen LogP contribution in [0.1, 0.15) is 29.1 Å². The van der Waals surface area contributed by atoms with E-state index in [1.165, 1.54) is 12.4 Å². The molecule has 0 saturated carbocycles. The van der Waals surface area contributed by atoms with Gasteiger partial charge in [-0.25, -0.2) is 14.8 Å². The van der Waals surface area contributed by atoms with Gasteiger partial charge in [0.25, 0.3) is 0 Å². The molecule has 0 aliphatic rings. The molecule has 5 nitrogen and oxygen atoms in total. The average Bonchev–Trinajstić information content (AvgIpc) is 2.04. The number of carboxylic acids is 1. The lowest BCUT2D eigenvalue weighted by atomic mass is 10.2. The molecular weight excluding hydrogens is 158 g/mol. The Bertz CT molecular complexity index is 281. The van der Waals surface area contributed by atoms with Crippen LogP contribution in [0.3, 0.4) is 0 Å². The molecule has 1 unspecified atom stereocenters. The van der Waals surface area contributed by atoms with Crippen molar-refractivity contribution in [1.29, 1.82) is 0 Å². The zero-order valence-corrected chi connectivity index (χ0v) is 6.56. The first-order chi connectivity index (χ1) is 5.61. The standard InChI is InChI=1S/C7H9N3O2/c1-4(8)5-2-9-6(7(11)12)10-3-5/h2-4H,8H2,1H3,(H,11,12). The molecule has 0 aliphatic heterocycles. The lowest BCUT2D eigenvalue weighted by Crippen LogP contribution is -2.09. The second kappa shape index (κ2) is 3.27. The van der Waals surface area contributed by atoms with Gasteiger partial charge in [0.15, 0.2) is 0 Å². The summed E-state index contributed by atoms with van der Waals surface area (Å²) >= 11 is 0. The normalized spacial score (nSPS) is 12.5. The Morgan fingerprint density at radius 2 is 2.08 bits per heavy atom. The van der Waals surface area contributed by atoms with Crippen LogP contribution in [0.5, 0.6) is 0 Å². The third-order valence-corrected chi connectivity index (χ3v) is 1.39. The van der Waals surface area contributed by atoms with E-state index in [-0.39, 0.29) is 11.9 Å². The topological polar surface area (TPSA) is 89.1 Å². The molecule has 0 aliphatic carbocycles. The van der Waals surface area contributed by atoms with Crippen molar-refractivity contribution in [3.05, 3.63) is 23.8 Å². The van der Waals surface area contributed by atoms with Crippen LogP contribution in [0.25, 0.3) is 0 Å². The summed E-state index contributed by atoms with van der Waals surface area (Å²) in [6.45, 7) is 1.78. The molecule has 0 radical (unpaired) electrons. The third-order valence-electron chi connectivity index (χ3n) is 1.39. The highest BCUT2D eigenvalue weighted by atomic mass is 16.4. The first kappa shape index (κ1) is 8.61. The molecule has 3 N–H and O–H groups in total. The quantitative estimate of drug-likeness (QED) is 0.656. The molecule has 0 spiro atoms. The molecule has 1 aromatic heterocycles. The average molecular weight is 167 g/mol. The molecule has 0 aromatic carbocycles. The van der Waals surface area contributed by atoms with Crippen LogP contribution < -0.4 is 5.73 Å². The van der Waals surface area contributed by atoms with Crippen molar-refractivity contribution in [1.82, 2.24) is 9.97 Å². The number of aromatic carboxylic acids is 1. The van der Waals surface area contributed by atoms with Crippen LogP contribution in [0.15, 0.2) is 12.4 Å². The zero-order chi connectivity index (χ0) is 9.14. The van der Waals surface area contributed by atoms with Gasteiger partial charge in [0.05, 0.1) is 0 Å². The van der Waals surface area contributed by atoms with E-state index in [2.05, 4.69) is 9.97 Å².